The minimum Gasteiger partial charge on any atom is -0.324 e. The third-order valence-electron chi connectivity index (χ3n) is 12.5. The lowest BCUT2D eigenvalue weighted by Crippen LogP contribution is -2.37. The van der Waals surface area contributed by atoms with E-state index in [0.29, 0.717) is 0 Å². The first kappa shape index (κ1) is 62.1. The fraction of sp³-hybridized carbons (Fsp3) is 0.224. The van der Waals surface area contributed by atoms with Crippen LogP contribution in [0.5, 0.6) is 0 Å². The number of hydrogen-bond donors (Lipinski definition) is 0. The zero-order chi connectivity index (χ0) is 61.9. The second-order valence-electron chi connectivity index (χ2n) is 17.3. The maximum Gasteiger partial charge on any atom is 0.422 e. The molecule has 0 amide bonds. The van der Waals surface area contributed by atoms with Gasteiger partial charge in [-0.05, 0) is 31.9 Å². The highest BCUT2D eigenvalue weighted by Gasteiger charge is 2.50. The normalized spacial score (nSPS) is 15.6. The van der Waals surface area contributed by atoms with Crippen molar-refractivity contribution in [1.29, 1.82) is 0 Å². The molecule has 2 nitrogen and oxygen atoms in total. The van der Waals surface area contributed by atoms with E-state index < -0.39 is 255 Å². The number of hydrogen-bond acceptors (Lipinski definition) is 2. The van der Waals surface area contributed by atoms with Gasteiger partial charge in [0, 0.05) is 11.1 Å². The number of rotatable bonds is 12. The standard InChI is InChI=1S/C49H19F31N2/c1-9(50)21(52)15(22(53)10(2)51)16-25(56)36(67)44(37(68)26(16)57)81(46-40(71)29(60)19(48(75,76)77)30(61)41(46)72)13-7-3-6-12-11(13)5-4-8-14(12)82(47-42(73)31(62)20(49(78,79)80)32(63)43(47)74)45-38(69)27(58)18(28(59)39(45)70)17-23(54)33(64)35(66)34(65)24(17)55/h3-6,8-10,13,15,21-22H,7H2,1-2H3. The van der Waals surface area contributed by atoms with Crippen molar-refractivity contribution >= 4 is 34.5 Å². The molecule has 0 saturated heterocycles. The van der Waals surface area contributed by atoms with E-state index in [9.17, 15) is 57.1 Å². The lowest BCUT2D eigenvalue weighted by atomic mass is 9.84. The average Bonchev–Trinajstić information content (AvgIpc) is 2.20. The molecule has 82 heavy (non-hydrogen) atoms. The molecule has 1 aliphatic carbocycles. The Morgan fingerprint density at radius 3 is 1.07 bits per heavy atom. The monoisotopic (exact) mass is 1220 g/mol. The Kier molecular flexibility index (Phi) is 16.4. The van der Waals surface area contributed by atoms with Gasteiger partial charge in [0.2, 0.25) is 5.82 Å². The molecule has 5 atom stereocenters. The predicted octanol–water partition coefficient (Wildman–Crippen LogP) is 18.6. The average molecular weight is 1220 g/mol. The van der Waals surface area contributed by atoms with Gasteiger partial charge in [-0.25, -0.2) is 110 Å². The van der Waals surface area contributed by atoms with Gasteiger partial charge >= 0.3 is 12.4 Å². The molecular formula is C49H19F31N2. The van der Waals surface area contributed by atoms with Gasteiger partial charge < -0.3 is 4.90 Å². The number of alkyl halides is 10. The number of benzene rings is 6. The van der Waals surface area contributed by atoms with Crippen molar-refractivity contribution in [3.05, 3.63) is 174 Å². The molecule has 1 aliphatic rings. The van der Waals surface area contributed by atoms with Crippen LogP contribution in [0.25, 0.3) is 17.2 Å². The van der Waals surface area contributed by atoms with Crippen molar-refractivity contribution in [3.8, 4) is 11.1 Å². The van der Waals surface area contributed by atoms with Crippen LogP contribution in [0.3, 0.4) is 0 Å². The summed E-state index contributed by atoms with van der Waals surface area (Å²) in [5, 5.41) is 0. The molecule has 0 heterocycles. The third-order valence-corrected chi connectivity index (χ3v) is 12.5. The van der Waals surface area contributed by atoms with Gasteiger partial charge in [-0.2, -0.15) is 26.3 Å². The number of halogens is 31. The van der Waals surface area contributed by atoms with Gasteiger partial charge in [-0.15, -0.1) is 0 Å². The number of nitrogens with zero attached hydrogens (tertiary/aromatic N) is 2. The second kappa shape index (κ2) is 21.7. The Balaban J connectivity index is 1.66. The zero-order valence-electron chi connectivity index (χ0n) is 39.2. The summed E-state index contributed by atoms with van der Waals surface area (Å²) in [4.78, 5) is -2.37. The highest BCUT2D eigenvalue weighted by atomic mass is 19.4. The molecule has 0 saturated carbocycles. The van der Waals surface area contributed by atoms with Crippen molar-refractivity contribution in [1.82, 2.24) is 0 Å². The summed E-state index contributed by atoms with van der Waals surface area (Å²) in [7, 11) is 0. The Hall–Kier alpha value is -7.51. The lowest BCUT2D eigenvalue weighted by Gasteiger charge is -2.39. The van der Waals surface area contributed by atoms with Crippen molar-refractivity contribution < 1.29 is 136 Å². The summed E-state index contributed by atoms with van der Waals surface area (Å²) < 4.78 is 473. The molecule has 0 spiro atoms. The fourth-order valence-corrected chi connectivity index (χ4v) is 8.91. The topological polar surface area (TPSA) is 6.48 Å². The van der Waals surface area contributed by atoms with Crippen LogP contribution >= 0.6 is 0 Å². The summed E-state index contributed by atoms with van der Waals surface area (Å²) in [5.41, 5.74) is -32.6. The van der Waals surface area contributed by atoms with Crippen LogP contribution in [0.15, 0.2) is 24.3 Å². The summed E-state index contributed by atoms with van der Waals surface area (Å²) >= 11 is 0. The van der Waals surface area contributed by atoms with Crippen LogP contribution in [0.4, 0.5) is 165 Å². The minimum absolute atomic E-state index is 0.0154. The lowest BCUT2D eigenvalue weighted by molar-refractivity contribution is -0.144. The van der Waals surface area contributed by atoms with Gasteiger partial charge in [0.25, 0.3) is 0 Å². The van der Waals surface area contributed by atoms with Crippen LogP contribution in [-0.2, 0) is 12.4 Å². The molecule has 0 N–H and O–H groups in total. The summed E-state index contributed by atoms with van der Waals surface area (Å²) in [5.74, 6) is -75.1. The minimum atomic E-state index is -6.53. The predicted molar refractivity (Wildman–Crippen MR) is 221 cm³/mol. The quantitative estimate of drug-likeness (QED) is 0.0684. The van der Waals surface area contributed by atoms with Crippen molar-refractivity contribution in [3.63, 3.8) is 0 Å². The summed E-state index contributed by atoms with van der Waals surface area (Å²) in [6.45, 7) is 0.348. The van der Waals surface area contributed by atoms with E-state index in [-0.39, 0.29) is 44.2 Å². The Labute approximate surface area is 434 Å². The number of fused-ring (bicyclic) bond motifs is 1. The fourth-order valence-electron chi connectivity index (χ4n) is 8.91. The smallest absolute Gasteiger partial charge is 0.324 e. The third kappa shape index (κ3) is 9.60. The molecule has 0 bridgehead atoms. The molecule has 5 unspecified atom stereocenters. The van der Waals surface area contributed by atoms with Crippen LogP contribution < -0.4 is 9.80 Å². The summed E-state index contributed by atoms with van der Waals surface area (Å²) in [6, 6.07) is -2.74. The van der Waals surface area contributed by atoms with E-state index in [1.807, 2.05) is 0 Å². The van der Waals surface area contributed by atoms with E-state index in [1.54, 1.807) is 0 Å². The van der Waals surface area contributed by atoms with E-state index in [2.05, 4.69) is 0 Å². The van der Waals surface area contributed by atoms with Gasteiger partial charge in [0.1, 0.15) is 58.6 Å². The van der Waals surface area contributed by atoms with Crippen LogP contribution in [0.2, 0.25) is 0 Å². The van der Waals surface area contributed by atoms with Gasteiger partial charge in [-0.1, -0.05) is 24.3 Å². The highest BCUT2D eigenvalue weighted by Crippen LogP contribution is 2.54. The van der Waals surface area contributed by atoms with Crippen molar-refractivity contribution in [2.75, 3.05) is 9.80 Å². The van der Waals surface area contributed by atoms with Gasteiger partial charge in [0.15, 0.2) is 116 Å². The first-order valence-corrected chi connectivity index (χ1v) is 21.8. The van der Waals surface area contributed by atoms with Gasteiger partial charge in [0.05, 0.1) is 28.8 Å². The maximum atomic E-state index is 16.8. The van der Waals surface area contributed by atoms with Crippen molar-refractivity contribution in [2.24, 2.45) is 0 Å². The number of anilines is 5. The molecule has 33 heteroatoms. The molecule has 0 aliphatic heterocycles. The first-order chi connectivity index (χ1) is 37.8. The summed E-state index contributed by atoms with van der Waals surface area (Å²) in [6.07, 6.45) is -27.8. The van der Waals surface area contributed by atoms with E-state index in [4.69, 9.17) is 0 Å². The van der Waals surface area contributed by atoms with Gasteiger partial charge in [-0.3, -0.25) is 4.90 Å². The van der Waals surface area contributed by atoms with Crippen LogP contribution in [0, 0.1) is 122 Å². The molecule has 0 aromatic heterocycles. The molecule has 7 rings (SSSR count). The molecule has 0 fully saturated rings. The van der Waals surface area contributed by atoms with Crippen molar-refractivity contribution in [2.45, 2.75) is 69.3 Å². The molecule has 442 valence electrons. The highest BCUT2D eigenvalue weighted by molar-refractivity contribution is 5.87. The Bertz CT molecular complexity index is 3480. The first-order valence-electron chi connectivity index (χ1n) is 21.8. The largest absolute Gasteiger partial charge is 0.422 e. The second-order valence-corrected chi connectivity index (χ2v) is 17.3. The Morgan fingerprint density at radius 2 is 0.720 bits per heavy atom. The Morgan fingerprint density at radius 1 is 0.402 bits per heavy atom. The molecule has 6 aromatic rings. The maximum absolute atomic E-state index is 16.8. The van der Waals surface area contributed by atoms with E-state index in [1.165, 1.54) is 0 Å². The SMILES string of the molecule is CC(F)C(F)C(c1c(F)c(F)c(N(c2c(F)c(F)c(C(F)(F)F)c(F)c2F)C2CC=Cc3c2cccc3N(c2c(F)c(F)c(-c3c(F)c(F)c(F)c(F)c3F)c(F)c2F)c2c(F)c(F)c(C(F)(F)F)c(F)c2F)c(F)c1F)C(F)C(C)F. The molecule has 0 radical (unpaired) electrons. The van der Waals surface area contributed by atoms with Crippen LogP contribution in [0.1, 0.15) is 60.0 Å². The zero-order valence-corrected chi connectivity index (χ0v) is 39.2. The molecular weight excluding hydrogens is 1210 g/mol. The molecule has 6 aromatic carbocycles. The van der Waals surface area contributed by atoms with E-state index >= 15 is 79.0 Å². The van der Waals surface area contributed by atoms with Crippen LogP contribution in [-0.4, -0.2) is 24.7 Å². The van der Waals surface area contributed by atoms with E-state index in [0.717, 1.165) is 0 Å².